The molecule has 0 radical (unpaired) electrons. The molecule has 2 aromatic rings. The molecule has 0 saturated heterocycles. The van der Waals surface area contributed by atoms with Crippen LogP contribution in [-0.4, -0.2) is 13.1 Å². The number of hydrogen-bond donors (Lipinski definition) is 0. The van der Waals surface area contributed by atoms with Crippen LogP contribution in [0.5, 0.6) is 11.5 Å². The summed E-state index contributed by atoms with van der Waals surface area (Å²) in [7, 11) is 0. The number of fused-ring (bicyclic) bond motifs is 2. The fraction of sp³-hybridized carbons (Fsp3) is 0.222. The number of para-hydroxylation sites is 1. The molecule has 1 heterocycles. The van der Waals surface area contributed by atoms with Crippen molar-refractivity contribution in [1.29, 1.82) is 0 Å². The molecule has 2 nitrogen and oxygen atoms in total. The summed E-state index contributed by atoms with van der Waals surface area (Å²) >= 11 is 12.6. The highest BCUT2D eigenvalue weighted by Crippen LogP contribution is 2.43. The smallest absolute Gasteiger partial charge is 0.169 e. The van der Waals surface area contributed by atoms with Crippen LogP contribution in [0.2, 0.25) is 10.0 Å². The van der Waals surface area contributed by atoms with Gasteiger partial charge in [-0.1, -0.05) is 53.6 Å². The third kappa shape index (κ3) is 3.08. The number of halogens is 2. The van der Waals surface area contributed by atoms with E-state index in [4.69, 9.17) is 27.9 Å². The zero-order valence-corrected chi connectivity index (χ0v) is 13.9. The van der Waals surface area contributed by atoms with Gasteiger partial charge in [0.05, 0.1) is 10.7 Å². The minimum Gasteiger partial charge on any atom is -0.453 e. The third-order valence-electron chi connectivity index (χ3n) is 3.73. The average molecular weight is 334 g/mol. The van der Waals surface area contributed by atoms with E-state index in [9.17, 15) is 0 Å². The quantitative estimate of drug-likeness (QED) is 0.651. The van der Waals surface area contributed by atoms with E-state index in [0.717, 1.165) is 30.9 Å². The second-order valence-electron chi connectivity index (χ2n) is 5.21. The van der Waals surface area contributed by atoms with E-state index in [0.29, 0.717) is 15.8 Å². The minimum absolute atomic E-state index is 0.532. The summed E-state index contributed by atoms with van der Waals surface area (Å²) in [5, 5.41) is 1.15. The van der Waals surface area contributed by atoms with E-state index in [1.54, 1.807) is 6.07 Å². The molecule has 0 bridgehead atoms. The topological polar surface area (TPSA) is 12.5 Å². The Balaban J connectivity index is 2.10. The average Bonchev–Trinajstić information content (AvgIpc) is 2.49. The Bertz CT molecular complexity index is 712. The first kappa shape index (κ1) is 15.3. The maximum absolute atomic E-state index is 6.38. The predicted molar refractivity (Wildman–Crippen MR) is 93.7 cm³/mol. The Morgan fingerprint density at radius 2 is 2.05 bits per heavy atom. The second kappa shape index (κ2) is 6.64. The van der Waals surface area contributed by atoms with Gasteiger partial charge in [-0.05, 0) is 37.1 Å². The van der Waals surface area contributed by atoms with E-state index in [1.807, 2.05) is 37.3 Å². The van der Waals surface area contributed by atoms with Gasteiger partial charge in [-0.25, -0.2) is 0 Å². The number of anilines is 1. The summed E-state index contributed by atoms with van der Waals surface area (Å²) in [4.78, 5) is 2.24. The second-order valence-corrected chi connectivity index (χ2v) is 6.05. The van der Waals surface area contributed by atoms with Gasteiger partial charge >= 0.3 is 0 Å². The number of rotatable bonds is 2. The molecule has 22 heavy (non-hydrogen) atoms. The van der Waals surface area contributed by atoms with Crippen LogP contribution in [0.4, 0.5) is 5.69 Å². The molecule has 0 atom stereocenters. The number of allylic oxidation sites excluding steroid dienone is 1. The Hall–Kier alpha value is -1.64. The van der Waals surface area contributed by atoms with E-state index < -0.39 is 0 Å². The first-order valence-corrected chi connectivity index (χ1v) is 8.05. The summed E-state index contributed by atoms with van der Waals surface area (Å²) in [5.41, 5.74) is 2.12. The highest BCUT2D eigenvalue weighted by Gasteiger charge is 2.21. The van der Waals surface area contributed by atoms with Crippen LogP contribution in [-0.2, 0) is 6.42 Å². The standard InChI is InChI=1S/C18H17Cl2NO/c1-2-3-9-21-10-8-13-6-4-5-7-17(13)22-18-15(20)11-14(19)12-16(18)21/h2-7,11-12H,8-10H2,1H3/b3-2+. The summed E-state index contributed by atoms with van der Waals surface area (Å²) in [5.74, 6) is 1.53. The van der Waals surface area contributed by atoms with Crippen LogP contribution in [0.1, 0.15) is 12.5 Å². The van der Waals surface area contributed by atoms with Gasteiger partial charge in [0.15, 0.2) is 5.75 Å². The predicted octanol–water partition coefficient (Wildman–Crippen LogP) is 5.72. The Labute approximate surface area is 140 Å². The number of hydrogen-bond acceptors (Lipinski definition) is 2. The van der Waals surface area contributed by atoms with Crippen LogP contribution < -0.4 is 9.64 Å². The molecular formula is C18H17Cl2NO. The van der Waals surface area contributed by atoms with Gasteiger partial charge in [0, 0.05) is 18.1 Å². The molecular weight excluding hydrogens is 317 g/mol. The van der Waals surface area contributed by atoms with Crippen LogP contribution in [0.25, 0.3) is 0 Å². The fourth-order valence-corrected chi connectivity index (χ4v) is 3.12. The summed E-state index contributed by atoms with van der Waals surface area (Å²) < 4.78 is 6.12. The van der Waals surface area contributed by atoms with Crippen molar-refractivity contribution in [2.45, 2.75) is 13.3 Å². The van der Waals surface area contributed by atoms with Gasteiger partial charge in [-0.2, -0.15) is 0 Å². The molecule has 2 aromatic carbocycles. The van der Waals surface area contributed by atoms with E-state index in [-0.39, 0.29) is 0 Å². The van der Waals surface area contributed by atoms with Crippen molar-refractivity contribution in [3.63, 3.8) is 0 Å². The molecule has 4 heteroatoms. The summed E-state index contributed by atoms with van der Waals surface area (Å²) in [6.07, 6.45) is 5.07. The van der Waals surface area contributed by atoms with Gasteiger partial charge in [0.25, 0.3) is 0 Å². The number of ether oxygens (including phenoxy) is 1. The minimum atomic E-state index is 0.532. The normalized spacial score (nSPS) is 14.0. The van der Waals surface area contributed by atoms with Gasteiger partial charge in [0.2, 0.25) is 0 Å². The number of benzene rings is 2. The molecule has 3 rings (SSSR count). The third-order valence-corrected chi connectivity index (χ3v) is 4.23. The highest BCUT2D eigenvalue weighted by molar-refractivity contribution is 6.36. The molecule has 114 valence electrons. The lowest BCUT2D eigenvalue weighted by Gasteiger charge is -2.29. The van der Waals surface area contributed by atoms with Crippen molar-refractivity contribution in [3.05, 3.63) is 64.2 Å². The number of nitrogens with zero attached hydrogens (tertiary/aromatic N) is 1. The summed E-state index contributed by atoms with van der Waals surface area (Å²) in [6, 6.07) is 11.7. The van der Waals surface area contributed by atoms with E-state index in [2.05, 4.69) is 17.0 Å². The Morgan fingerprint density at radius 3 is 2.86 bits per heavy atom. The zero-order chi connectivity index (χ0) is 15.5. The fourth-order valence-electron chi connectivity index (χ4n) is 2.60. The van der Waals surface area contributed by atoms with Crippen LogP contribution in [0, 0.1) is 0 Å². The molecule has 0 amide bonds. The molecule has 1 aliphatic heterocycles. The maximum atomic E-state index is 6.38. The molecule has 0 fully saturated rings. The monoisotopic (exact) mass is 333 g/mol. The van der Waals surface area contributed by atoms with E-state index in [1.165, 1.54) is 5.56 Å². The van der Waals surface area contributed by atoms with Crippen LogP contribution in [0.15, 0.2) is 48.6 Å². The first-order chi connectivity index (χ1) is 10.7. The lowest BCUT2D eigenvalue weighted by atomic mass is 10.1. The molecule has 0 N–H and O–H groups in total. The maximum Gasteiger partial charge on any atom is 0.169 e. The van der Waals surface area contributed by atoms with E-state index >= 15 is 0 Å². The lowest BCUT2D eigenvalue weighted by Crippen LogP contribution is -2.27. The Morgan fingerprint density at radius 1 is 1.23 bits per heavy atom. The van der Waals surface area contributed by atoms with Crippen molar-refractivity contribution >= 4 is 28.9 Å². The first-order valence-electron chi connectivity index (χ1n) is 7.30. The Kier molecular flexibility index (Phi) is 4.60. The van der Waals surface area contributed by atoms with Gasteiger partial charge < -0.3 is 9.64 Å². The van der Waals surface area contributed by atoms with Crippen molar-refractivity contribution in [2.75, 3.05) is 18.0 Å². The van der Waals surface area contributed by atoms with Crippen molar-refractivity contribution in [3.8, 4) is 11.5 Å². The summed E-state index contributed by atoms with van der Waals surface area (Å²) in [6.45, 7) is 3.70. The molecule has 0 aliphatic carbocycles. The van der Waals surface area contributed by atoms with Gasteiger partial charge in [-0.15, -0.1) is 0 Å². The van der Waals surface area contributed by atoms with Crippen LogP contribution in [0.3, 0.4) is 0 Å². The van der Waals surface area contributed by atoms with Crippen LogP contribution >= 0.6 is 23.2 Å². The lowest BCUT2D eigenvalue weighted by molar-refractivity contribution is 0.470. The van der Waals surface area contributed by atoms with Crippen molar-refractivity contribution < 1.29 is 4.74 Å². The van der Waals surface area contributed by atoms with Gasteiger partial charge in [0.1, 0.15) is 5.75 Å². The SMILES string of the molecule is C/C=C/CN1CCc2ccccc2Oc2c(Cl)cc(Cl)cc21. The molecule has 0 spiro atoms. The molecule has 0 aromatic heterocycles. The molecule has 0 unspecified atom stereocenters. The molecule has 1 aliphatic rings. The van der Waals surface area contributed by atoms with Crippen molar-refractivity contribution in [1.82, 2.24) is 0 Å². The highest BCUT2D eigenvalue weighted by atomic mass is 35.5. The van der Waals surface area contributed by atoms with Crippen molar-refractivity contribution in [2.24, 2.45) is 0 Å². The largest absolute Gasteiger partial charge is 0.453 e. The van der Waals surface area contributed by atoms with Gasteiger partial charge in [-0.3, -0.25) is 0 Å². The zero-order valence-electron chi connectivity index (χ0n) is 12.4. The molecule has 0 saturated carbocycles.